The van der Waals surface area contributed by atoms with Crippen molar-refractivity contribution in [3.05, 3.63) is 101 Å². The predicted octanol–water partition coefficient (Wildman–Crippen LogP) is 5.16. The third-order valence-corrected chi connectivity index (χ3v) is 5.60. The molecule has 3 nitrogen and oxygen atoms in total. The molecular formula is C23H19ClN2O. The predicted molar refractivity (Wildman–Crippen MR) is 109 cm³/mol. The highest BCUT2D eigenvalue weighted by Crippen LogP contribution is 2.40. The van der Waals surface area contributed by atoms with Crippen LogP contribution in [0.4, 0.5) is 5.69 Å². The Labute approximate surface area is 163 Å². The van der Waals surface area contributed by atoms with Crippen LogP contribution in [0.5, 0.6) is 0 Å². The van der Waals surface area contributed by atoms with E-state index in [1.807, 2.05) is 24.3 Å². The van der Waals surface area contributed by atoms with Crippen molar-refractivity contribution in [2.75, 3.05) is 13.2 Å². The SMILES string of the molecule is Clc1ccc2c(c1)N=C1COC(c3ccccc3)(c3ccccc3)CN1C2. The van der Waals surface area contributed by atoms with Crippen LogP contribution in [0.2, 0.25) is 5.02 Å². The first-order chi connectivity index (χ1) is 13.2. The molecular weight excluding hydrogens is 356 g/mol. The van der Waals surface area contributed by atoms with Crippen molar-refractivity contribution in [2.24, 2.45) is 4.99 Å². The molecule has 0 N–H and O–H groups in total. The van der Waals surface area contributed by atoms with Crippen LogP contribution in [0.3, 0.4) is 0 Å². The van der Waals surface area contributed by atoms with E-state index in [9.17, 15) is 0 Å². The van der Waals surface area contributed by atoms with Crippen LogP contribution in [-0.2, 0) is 16.9 Å². The van der Waals surface area contributed by atoms with Crippen molar-refractivity contribution >= 4 is 23.1 Å². The van der Waals surface area contributed by atoms with Crippen LogP contribution in [0.25, 0.3) is 0 Å². The van der Waals surface area contributed by atoms with Gasteiger partial charge in [-0.05, 0) is 28.8 Å². The summed E-state index contributed by atoms with van der Waals surface area (Å²) in [6, 6.07) is 26.9. The molecule has 134 valence electrons. The maximum atomic E-state index is 6.55. The van der Waals surface area contributed by atoms with E-state index in [4.69, 9.17) is 21.3 Å². The van der Waals surface area contributed by atoms with E-state index in [-0.39, 0.29) is 0 Å². The zero-order valence-electron chi connectivity index (χ0n) is 14.8. The Kier molecular flexibility index (Phi) is 4.00. The summed E-state index contributed by atoms with van der Waals surface area (Å²) in [7, 11) is 0. The number of halogens is 1. The highest BCUT2D eigenvalue weighted by Gasteiger charge is 2.43. The zero-order chi connectivity index (χ0) is 18.3. The molecule has 0 amide bonds. The van der Waals surface area contributed by atoms with Crippen LogP contribution >= 0.6 is 11.6 Å². The number of hydrogen-bond donors (Lipinski definition) is 0. The zero-order valence-corrected chi connectivity index (χ0v) is 15.6. The van der Waals surface area contributed by atoms with Gasteiger partial charge in [0.15, 0.2) is 0 Å². The van der Waals surface area contributed by atoms with Gasteiger partial charge >= 0.3 is 0 Å². The molecule has 27 heavy (non-hydrogen) atoms. The molecule has 1 fully saturated rings. The monoisotopic (exact) mass is 374 g/mol. The van der Waals surface area contributed by atoms with Gasteiger partial charge in [0, 0.05) is 11.6 Å². The number of aliphatic imine (C=N–C) groups is 1. The molecule has 5 rings (SSSR count). The van der Waals surface area contributed by atoms with Gasteiger partial charge in [0.25, 0.3) is 0 Å². The molecule has 0 atom stereocenters. The number of hydrogen-bond acceptors (Lipinski definition) is 3. The molecule has 3 aromatic rings. The van der Waals surface area contributed by atoms with E-state index in [0.29, 0.717) is 11.6 Å². The first-order valence-electron chi connectivity index (χ1n) is 9.11. The van der Waals surface area contributed by atoms with Gasteiger partial charge in [-0.1, -0.05) is 78.3 Å². The minimum Gasteiger partial charge on any atom is -0.356 e. The van der Waals surface area contributed by atoms with Crippen molar-refractivity contribution in [1.29, 1.82) is 0 Å². The highest BCUT2D eigenvalue weighted by atomic mass is 35.5. The summed E-state index contributed by atoms with van der Waals surface area (Å²) in [6.45, 7) is 2.01. The van der Waals surface area contributed by atoms with Gasteiger partial charge in [0.2, 0.25) is 0 Å². The lowest BCUT2D eigenvalue weighted by molar-refractivity contribution is -0.0388. The molecule has 0 saturated carbocycles. The fourth-order valence-corrected chi connectivity index (χ4v) is 4.15. The van der Waals surface area contributed by atoms with Crippen LogP contribution in [0.1, 0.15) is 16.7 Å². The second-order valence-corrected chi connectivity index (χ2v) is 7.44. The van der Waals surface area contributed by atoms with Crippen molar-refractivity contribution in [2.45, 2.75) is 12.1 Å². The Bertz CT molecular complexity index is 962. The smallest absolute Gasteiger partial charge is 0.136 e. The van der Waals surface area contributed by atoms with E-state index in [1.54, 1.807) is 0 Å². The second kappa shape index (κ2) is 6.52. The molecule has 2 heterocycles. The number of nitrogens with zero attached hydrogens (tertiary/aromatic N) is 2. The summed E-state index contributed by atoms with van der Waals surface area (Å²) in [4.78, 5) is 7.15. The lowest BCUT2D eigenvalue weighted by atomic mass is 9.84. The molecule has 0 bridgehead atoms. The minimum absolute atomic E-state index is 0.468. The molecule has 4 heteroatoms. The third kappa shape index (κ3) is 2.84. The van der Waals surface area contributed by atoms with E-state index in [2.05, 4.69) is 59.5 Å². The van der Waals surface area contributed by atoms with E-state index in [1.165, 1.54) is 5.56 Å². The van der Waals surface area contributed by atoms with Gasteiger partial charge in [-0.25, -0.2) is 4.99 Å². The molecule has 2 aliphatic rings. The average Bonchev–Trinajstić information content (AvgIpc) is 2.73. The summed E-state index contributed by atoms with van der Waals surface area (Å²) < 4.78 is 6.55. The molecule has 1 saturated heterocycles. The molecule has 0 unspecified atom stereocenters. The third-order valence-electron chi connectivity index (χ3n) is 5.36. The number of fused-ring (bicyclic) bond motifs is 2. The Morgan fingerprint density at radius 2 is 1.56 bits per heavy atom. The fraction of sp³-hybridized carbons (Fsp3) is 0.174. The van der Waals surface area contributed by atoms with E-state index < -0.39 is 5.60 Å². The first kappa shape index (κ1) is 16.5. The lowest BCUT2D eigenvalue weighted by Crippen LogP contribution is -2.53. The number of ether oxygens (including phenoxy) is 1. The van der Waals surface area contributed by atoms with Gasteiger partial charge in [0.1, 0.15) is 18.0 Å². The van der Waals surface area contributed by atoms with E-state index in [0.717, 1.165) is 35.7 Å². The van der Waals surface area contributed by atoms with Gasteiger partial charge < -0.3 is 9.64 Å². The number of benzene rings is 3. The summed E-state index contributed by atoms with van der Waals surface area (Å²) in [6.07, 6.45) is 0. The van der Waals surface area contributed by atoms with Crippen LogP contribution < -0.4 is 0 Å². The highest BCUT2D eigenvalue weighted by molar-refractivity contribution is 6.30. The van der Waals surface area contributed by atoms with Crippen molar-refractivity contribution < 1.29 is 4.74 Å². The fourth-order valence-electron chi connectivity index (χ4n) is 3.98. The summed E-state index contributed by atoms with van der Waals surface area (Å²) in [5.41, 5.74) is 3.96. The standard InChI is InChI=1S/C23H19ClN2O/c24-20-12-11-17-14-26-16-23(18-7-3-1-4-8-18,19-9-5-2-6-10-19)27-15-22(26)25-21(17)13-20/h1-13H,14-16H2. The topological polar surface area (TPSA) is 24.8 Å². The number of amidine groups is 1. The molecule has 2 aliphatic heterocycles. The number of morpholine rings is 1. The Morgan fingerprint density at radius 3 is 2.22 bits per heavy atom. The average molecular weight is 375 g/mol. The minimum atomic E-state index is -0.508. The summed E-state index contributed by atoms with van der Waals surface area (Å²) >= 11 is 6.14. The summed E-state index contributed by atoms with van der Waals surface area (Å²) in [5.74, 6) is 0.965. The molecule has 3 aromatic carbocycles. The lowest BCUT2D eigenvalue weighted by Gasteiger charge is -2.46. The van der Waals surface area contributed by atoms with Crippen molar-refractivity contribution in [1.82, 2.24) is 4.90 Å². The molecule has 0 aromatic heterocycles. The van der Waals surface area contributed by atoms with Gasteiger partial charge in [-0.15, -0.1) is 0 Å². The normalized spacial score (nSPS) is 17.7. The quantitative estimate of drug-likeness (QED) is 0.619. The Morgan fingerprint density at radius 1 is 0.889 bits per heavy atom. The Hall–Kier alpha value is -2.62. The number of rotatable bonds is 2. The van der Waals surface area contributed by atoms with Crippen LogP contribution in [0, 0.1) is 0 Å². The van der Waals surface area contributed by atoms with Crippen molar-refractivity contribution in [3.8, 4) is 0 Å². The first-order valence-corrected chi connectivity index (χ1v) is 9.48. The second-order valence-electron chi connectivity index (χ2n) is 7.00. The Balaban J connectivity index is 1.58. The molecule has 0 spiro atoms. The molecule has 0 radical (unpaired) electrons. The van der Waals surface area contributed by atoms with Crippen LogP contribution in [-0.4, -0.2) is 23.9 Å². The maximum absolute atomic E-state index is 6.55. The van der Waals surface area contributed by atoms with Gasteiger partial charge in [-0.3, -0.25) is 0 Å². The van der Waals surface area contributed by atoms with Gasteiger partial charge in [0.05, 0.1) is 12.2 Å². The van der Waals surface area contributed by atoms with Crippen LogP contribution in [0.15, 0.2) is 83.9 Å². The maximum Gasteiger partial charge on any atom is 0.136 e. The van der Waals surface area contributed by atoms with Crippen molar-refractivity contribution in [3.63, 3.8) is 0 Å². The largest absolute Gasteiger partial charge is 0.356 e. The van der Waals surface area contributed by atoms with Gasteiger partial charge in [-0.2, -0.15) is 0 Å². The summed E-state index contributed by atoms with van der Waals surface area (Å²) in [5, 5.41) is 0.714. The van der Waals surface area contributed by atoms with E-state index >= 15 is 0 Å². The molecule has 0 aliphatic carbocycles.